The van der Waals surface area contributed by atoms with Gasteiger partial charge in [-0.25, -0.2) is 14.4 Å². The van der Waals surface area contributed by atoms with E-state index >= 15 is 0 Å². The summed E-state index contributed by atoms with van der Waals surface area (Å²) in [6, 6.07) is 5.26. The molecular formula is C22H23NO8. The predicted octanol–water partition coefficient (Wildman–Crippen LogP) is 3.16. The van der Waals surface area contributed by atoms with Crippen LogP contribution in [0.1, 0.15) is 51.5 Å². The molecule has 0 spiro atoms. The fourth-order valence-corrected chi connectivity index (χ4v) is 3.03. The molecule has 0 unspecified atom stereocenters. The van der Waals surface area contributed by atoms with Gasteiger partial charge in [-0.1, -0.05) is 6.07 Å². The molecule has 1 aliphatic rings. The molecule has 0 aliphatic carbocycles. The first kappa shape index (κ1) is 21.9. The van der Waals surface area contributed by atoms with E-state index in [1.807, 2.05) is 0 Å². The Morgan fingerprint density at radius 2 is 1.74 bits per heavy atom. The second kappa shape index (κ2) is 9.84. The van der Waals surface area contributed by atoms with E-state index in [1.54, 1.807) is 45.0 Å². The molecule has 0 bridgehead atoms. The SMILES string of the molecule is CCOC(=O)c1[nH]c(COC(=O)/C=C/c2ccc3c(c2)OCO3)c(C(=O)OCC)c1C. The molecule has 1 aromatic carbocycles. The molecule has 9 heteroatoms. The second-order valence-electron chi connectivity index (χ2n) is 6.47. The zero-order chi connectivity index (χ0) is 22.4. The Morgan fingerprint density at radius 3 is 2.48 bits per heavy atom. The fourth-order valence-electron chi connectivity index (χ4n) is 3.03. The molecule has 9 nitrogen and oxygen atoms in total. The smallest absolute Gasteiger partial charge is 0.355 e. The van der Waals surface area contributed by atoms with Crippen LogP contribution in [0.4, 0.5) is 0 Å². The van der Waals surface area contributed by atoms with Crippen molar-refractivity contribution < 1.29 is 38.1 Å². The van der Waals surface area contributed by atoms with Crippen molar-refractivity contribution in [1.82, 2.24) is 4.98 Å². The monoisotopic (exact) mass is 429 g/mol. The zero-order valence-electron chi connectivity index (χ0n) is 17.5. The Hall–Kier alpha value is -3.75. The molecule has 0 saturated carbocycles. The summed E-state index contributed by atoms with van der Waals surface area (Å²) < 4.78 is 25.9. The highest BCUT2D eigenvalue weighted by Crippen LogP contribution is 2.32. The lowest BCUT2D eigenvalue weighted by molar-refractivity contribution is -0.139. The predicted molar refractivity (Wildman–Crippen MR) is 109 cm³/mol. The quantitative estimate of drug-likeness (QED) is 0.387. The number of carbonyl (C=O) groups excluding carboxylic acids is 3. The molecule has 31 heavy (non-hydrogen) atoms. The largest absolute Gasteiger partial charge is 0.462 e. The summed E-state index contributed by atoms with van der Waals surface area (Å²) >= 11 is 0. The van der Waals surface area contributed by atoms with Gasteiger partial charge in [-0.05, 0) is 50.1 Å². The van der Waals surface area contributed by atoms with Gasteiger partial charge in [0.2, 0.25) is 6.79 Å². The van der Waals surface area contributed by atoms with Gasteiger partial charge < -0.3 is 28.7 Å². The van der Waals surface area contributed by atoms with Crippen molar-refractivity contribution in [3.05, 3.63) is 52.4 Å². The molecule has 164 valence electrons. The van der Waals surface area contributed by atoms with E-state index in [0.717, 1.165) is 5.56 Å². The lowest BCUT2D eigenvalue weighted by Crippen LogP contribution is -2.10. The summed E-state index contributed by atoms with van der Waals surface area (Å²) in [7, 11) is 0. The first-order valence-electron chi connectivity index (χ1n) is 9.74. The Morgan fingerprint density at radius 1 is 1.03 bits per heavy atom. The fraction of sp³-hybridized carbons (Fsp3) is 0.318. The van der Waals surface area contributed by atoms with Crippen LogP contribution in [0.25, 0.3) is 6.08 Å². The van der Waals surface area contributed by atoms with Crippen LogP contribution in [0, 0.1) is 6.92 Å². The number of hydrogen-bond acceptors (Lipinski definition) is 8. The highest BCUT2D eigenvalue weighted by atomic mass is 16.7. The van der Waals surface area contributed by atoms with Crippen molar-refractivity contribution in [3.63, 3.8) is 0 Å². The minimum absolute atomic E-state index is 0.117. The Kier molecular flexibility index (Phi) is 6.96. The van der Waals surface area contributed by atoms with Gasteiger partial charge in [0.15, 0.2) is 11.5 Å². The number of rotatable bonds is 8. The van der Waals surface area contributed by atoms with E-state index in [0.29, 0.717) is 17.1 Å². The molecule has 0 amide bonds. The molecular weight excluding hydrogens is 406 g/mol. The third kappa shape index (κ3) is 5.06. The number of aromatic nitrogens is 1. The van der Waals surface area contributed by atoms with E-state index in [2.05, 4.69) is 4.98 Å². The number of ether oxygens (including phenoxy) is 5. The zero-order valence-corrected chi connectivity index (χ0v) is 17.5. The van der Waals surface area contributed by atoms with Crippen molar-refractivity contribution >= 4 is 24.0 Å². The van der Waals surface area contributed by atoms with Crippen molar-refractivity contribution in [1.29, 1.82) is 0 Å². The standard InChI is InChI=1S/C22H23NO8/c1-4-27-21(25)19-13(3)20(22(26)28-5-2)23-15(19)11-29-18(24)9-7-14-6-8-16-17(10-14)31-12-30-16/h6-10,23H,4-5,11-12H2,1-3H3/b9-7+. The molecule has 0 fully saturated rings. The van der Waals surface area contributed by atoms with Crippen molar-refractivity contribution in [2.45, 2.75) is 27.4 Å². The Bertz CT molecular complexity index is 1020. The number of esters is 3. The number of aromatic amines is 1. The number of H-pyrrole nitrogens is 1. The third-order valence-electron chi connectivity index (χ3n) is 4.45. The summed E-state index contributed by atoms with van der Waals surface area (Å²) in [6.07, 6.45) is 2.82. The number of hydrogen-bond donors (Lipinski definition) is 1. The maximum Gasteiger partial charge on any atom is 0.355 e. The van der Waals surface area contributed by atoms with Crippen LogP contribution < -0.4 is 9.47 Å². The van der Waals surface area contributed by atoms with Gasteiger partial charge in [0.05, 0.1) is 24.5 Å². The van der Waals surface area contributed by atoms with Crippen LogP contribution in [0.3, 0.4) is 0 Å². The second-order valence-corrected chi connectivity index (χ2v) is 6.47. The maximum absolute atomic E-state index is 12.4. The van der Waals surface area contributed by atoms with Gasteiger partial charge in [-0.2, -0.15) is 0 Å². The van der Waals surface area contributed by atoms with Gasteiger partial charge in [0.1, 0.15) is 12.3 Å². The molecule has 1 N–H and O–H groups in total. The first-order valence-corrected chi connectivity index (χ1v) is 9.74. The topological polar surface area (TPSA) is 113 Å². The van der Waals surface area contributed by atoms with Gasteiger partial charge in [-0.15, -0.1) is 0 Å². The third-order valence-corrected chi connectivity index (χ3v) is 4.45. The number of benzene rings is 1. The number of nitrogens with one attached hydrogen (secondary N) is 1. The summed E-state index contributed by atoms with van der Waals surface area (Å²) in [4.78, 5) is 39.5. The Labute approximate surface area is 178 Å². The molecule has 1 aliphatic heterocycles. The minimum atomic E-state index is -0.627. The van der Waals surface area contributed by atoms with Gasteiger partial charge in [0.25, 0.3) is 0 Å². The molecule has 0 atom stereocenters. The summed E-state index contributed by atoms with van der Waals surface area (Å²) in [6.45, 7) is 5.20. The van der Waals surface area contributed by atoms with Gasteiger partial charge in [0, 0.05) is 6.08 Å². The molecule has 0 radical (unpaired) electrons. The molecule has 2 aromatic rings. The van der Waals surface area contributed by atoms with E-state index in [9.17, 15) is 14.4 Å². The summed E-state index contributed by atoms with van der Waals surface area (Å²) in [5, 5.41) is 0. The lowest BCUT2D eigenvalue weighted by Gasteiger charge is -2.05. The average Bonchev–Trinajstić information content (AvgIpc) is 3.34. The first-order chi connectivity index (χ1) is 14.9. The van der Waals surface area contributed by atoms with Crippen LogP contribution in [-0.2, 0) is 25.6 Å². The van der Waals surface area contributed by atoms with E-state index in [1.165, 1.54) is 6.08 Å². The van der Waals surface area contributed by atoms with Crippen molar-refractivity contribution in [3.8, 4) is 11.5 Å². The van der Waals surface area contributed by atoms with Crippen LogP contribution in [0.15, 0.2) is 24.3 Å². The molecule has 2 heterocycles. The molecule has 3 rings (SSSR count). The van der Waals surface area contributed by atoms with Crippen LogP contribution in [0.2, 0.25) is 0 Å². The van der Waals surface area contributed by atoms with Gasteiger partial charge in [-0.3, -0.25) is 0 Å². The van der Waals surface area contributed by atoms with Crippen molar-refractivity contribution in [2.75, 3.05) is 20.0 Å². The summed E-state index contributed by atoms with van der Waals surface area (Å²) in [5.74, 6) is -0.606. The molecule has 1 aromatic heterocycles. The van der Waals surface area contributed by atoms with Crippen LogP contribution >= 0.6 is 0 Å². The average molecular weight is 429 g/mol. The minimum Gasteiger partial charge on any atom is -0.462 e. The van der Waals surface area contributed by atoms with Gasteiger partial charge >= 0.3 is 17.9 Å². The number of fused-ring (bicyclic) bond motifs is 1. The lowest BCUT2D eigenvalue weighted by atomic mass is 10.1. The molecule has 0 saturated heterocycles. The van der Waals surface area contributed by atoms with Crippen LogP contribution in [0.5, 0.6) is 11.5 Å². The van der Waals surface area contributed by atoms with E-state index < -0.39 is 17.9 Å². The number of carbonyl (C=O) groups is 3. The van der Waals surface area contributed by atoms with Crippen LogP contribution in [-0.4, -0.2) is 42.9 Å². The van der Waals surface area contributed by atoms with Crippen molar-refractivity contribution in [2.24, 2.45) is 0 Å². The van der Waals surface area contributed by atoms with E-state index in [-0.39, 0.29) is 43.6 Å². The Balaban J connectivity index is 1.72. The maximum atomic E-state index is 12.4. The normalized spacial score (nSPS) is 12.1. The summed E-state index contributed by atoms with van der Waals surface area (Å²) in [5.41, 5.74) is 1.63. The van der Waals surface area contributed by atoms with E-state index in [4.69, 9.17) is 23.7 Å². The highest BCUT2D eigenvalue weighted by molar-refractivity contribution is 5.98. The highest BCUT2D eigenvalue weighted by Gasteiger charge is 2.26.